The summed E-state index contributed by atoms with van der Waals surface area (Å²) in [6, 6.07) is 5.79. The fourth-order valence-corrected chi connectivity index (χ4v) is 2.02. The van der Waals surface area contributed by atoms with E-state index < -0.39 is 5.60 Å². The fourth-order valence-electron chi connectivity index (χ4n) is 2.02. The van der Waals surface area contributed by atoms with Crippen LogP contribution in [0, 0.1) is 6.92 Å². The summed E-state index contributed by atoms with van der Waals surface area (Å²) in [5, 5.41) is 10.2. The van der Waals surface area contributed by atoms with Crippen molar-refractivity contribution in [3.05, 3.63) is 40.5 Å². The molecule has 2 nitrogen and oxygen atoms in total. The number of benzene rings is 1. The second kappa shape index (κ2) is 3.04. The van der Waals surface area contributed by atoms with Gasteiger partial charge in [-0.3, -0.25) is 4.79 Å². The van der Waals surface area contributed by atoms with Gasteiger partial charge in [-0.05, 0) is 43.5 Å². The van der Waals surface area contributed by atoms with Crippen molar-refractivity contribution in [1.82, 2.24) is 0 Å². The Morgan fingerprint density at radius 1 is 1.27 bits per heavy atom. The number of rotatable bonds is 0. The number of hydrogen-bond donors (Lipinski definition) is 1. The van der Waals surface area contributed by atoms with E-state index in [1.807, 2.05) is 31.2 Å². The van der Waals surface area contributed by atoms with Crippen molar-refractivity contribution in [1.29, 1.82) is 0 Å². The van der Waals surface area contributed by atoms with Crippen molar-refractivity contribution in [2.24, 2.45) is 0 Å². The van der Waals surface area contributed by atoms with Gasteiger partial charge in [0.1, 0.15) is 5.60 Å². The lowest BCUT2D eigenvalue weighted by Crippen LogP contribution is -2.35. The first kappa shape index (κ1) is 10.1. The number of ketones is 1. The van der Waals surface area contributed by atoms with Gasteiger partial charge in [-0.15, -0.1) is 0 Å². The largest absolute Gasteiger partial charge is 0.377 e. The van der Waals surface area contributed by atoms with E-state index in [1.165, 1.54) is 0 Å². The highest BCUT2D eigenvalue weighted by Gasteiger charge is 2.37. The number of carbonyl (C=O) groups is 1. The van der Waals surface area contributed by atoms with Crippen molar-refractivity contribution >= 4 is 11.9 Å². The quantitative estimate of drug-likeness (QED) is 0.700. The topological polar surface area (TPSA) is 37.3 Å². The molecule has 1 aliphatic rings. The maximum absolute atomic E-state index is 11.8. The number of fused-ring (bicyclic) bond motifs is 1. The number of hydrogen-bond acceptors (Lipinski definition) is 2. The summed E-state index contributed by atoms with van der Waals surface area (Å²) in [7, 11) is 0. The number of Topliss-reactive ketones (excluding diaryl/α,β-unsaturated/α-hetero) is 1. The van der Waals surface area contributed by atoms with Gasteiger partial charge in [-0.25, -0.2) is 0 Å². The second-order valence-electron chi connectivity index (χ2n) is 4.32. The van der Waals surface area contributed by atoms with Crippen molar-refractivity contribution < 1.29 is 9.90 Å². The van der Waals surface area contributed by atoms with Crippen molar-refractivity contribution in [3.8, 4) is 0 Å². The molecule has 1 aliphatic carbocycles. The summed E-state index contributed by atoms with van der Waals surface area (Å²) in [5.74, 6) is -0.208. The molecule has 2 heteroatoms. The van der Waals surface area contributed by atoms with Gasteiger partial charge in [-0.1, -0.05) is 23.8 Å². The summed E-state index contributed by atoms with van der Waals surface area (Å²) in [6.07, 6.45) is 1.83. The summed E-state index contributed by atoms with van der Waals surface area (Å²) in [6.45, 7) is 5.25. The highest BCUT2D eigenvalue weighted by molar-refractivity contribution is 6.07. The molecule has 1 atom stereocenters. The predicted octanol–water partition coefficient (Wildman–Crippen LogP) is 2.19. The molecule has 0 saturated carbocycles. The van der Waals surface area contributed by atoms with Gasteiger partial charge in [0.2, 0.25) is 0 Å². The molecule has 0 bridgehead atoms. The van der Waals surface area contributed by atoms with E-state index in [0.29, 0.717) is 11.1 Å². The van der Waals surface area contributed by atoms with Gasteiger partial charge in [0, 0.05) is 0 Å². The smallest absolute Gasteiger partial charge is 0.194 e. The van der Waals surface area contributed by atoms with Gasteiger partial charge < -0.3 is 5.11 Å². The van der Waals surface area contributed by atoms with Crippen molar-refractivity contribution in [3.63, 3.8) is 0 Å². The minimum Gasteiger partial charge on any atom is -0.377 e. The Morgan fingerprint density at radius 2 is 1.93 bits per heavy atom. The van der Waals surface area contributed by atoms with E-state index in [1.54, 1.807) is 13.8 Å². The molecule has 0 amide bonds. The minimum absolute atomic E-state index is 0.208. The van der Waals surface area contributed by atoms with E-state index in [4.69, 9.17) is 0 Å². The molecule has 78 valence electrons. The first-order chi connectivity index (χ1) is 6.93. The average molecular weight is 202 g/mol. The number of aryl methyl sites for hydroxylation is 1. The standard InChI is InChI=1S/C13H14O2/c1-8-4-5-10-7-9(2)12(14)13(3,15)11(10)6-8/h4-7,15H,1-3H3. The molecule has 0 aromatic heterocycles. The Morgan fingerprint density at radius 3 is 2.60 bits per heavy atom. The maximum atomic E-state index is 11.8. The van der Waals surface area contributed by atoms with Crippen molar-refractivity contribution in [2.45, 2.75) is 26.4 Å². The number of aliphatic hydroxyl groups is 1. The Kier molecular flexibility index (Phi) is 2.05. The molecule has 0 aliphatic heterocycles. The molecule has 0 fully saturated rings. The molecule has 0 spiro atoms. The van der Waals surface area contributed by atoms with Gasteiger partial charge in [0.05, 0.1) is 0 Å². The molecular formula is C13H14O2. The zero-order valence-corrected chi connectivity index (χ0v) is 9.16. The summed E-state index contributed by atoms with van der Waals surface area (Å²) in [4.78, 5) is 11.8. The first-order valence-electron chi connectivity index (χ1n) is 4.99. The van der Waals surface area contributed by atoms with E-state index in [9.17, 15) is 9.90 Å². The Labute approximate surface area is 89.2 Å². The third-order valence-corrected chi connectivity index (χ3v) is 2.91. The molecule has 2 rings (SSSR count). The predicted molar refractivity (Wildman–Crippen MR) is 59.4 cm³/mol. The van der Waals surface area contributed by atoms with Crippen LogP contribution in [0.15, 0.2) is 23.8 Å². The molecule has 0 saturated heterocycles. The SMILES string of the molecule is CC1=Cc2ccc(C)cc2C(C)(O)C1=O. The number of carbonyl (C=O) groups excluding carboxylic acids is 1. The molecular weight excluding hydrogens is 188 g/mol. The van der Waals surface area contributed by atoms with E-state index >= 15 is 0 Å². The van der Waals surface area contributed by atoms with Crippen LogP contribution in [-0.4, -0.2) is 10.9 Å². The van der Waals surface area contributed by atoms with Gasteiger partial charge in [0.25, 0.3) is 0 Å². The van der Waals surface area contributed by atoms with Crippen LogP contribution in [0.2, 0.25) is 0 Å². The van der Waals surface area contributed by atoms with E-state index in [2.05, 4.69) is 0 Å². The molecule has 0 radical (unpaired) electrons. The van der Waals surface area contributed by atoms with Crippen LogP contribution >= 0.6 is 0 Å². The summed E-state index contributed by atoms with van der Waals surface area (Å²) in [5.41, 5.74) is 1.92. The van der Waals surface area contributed by atoms with Crippen LogP contribution in [-0.2, 0) is 10.4 Å². The lowest BCUT2D eigenvalue weighted by molar-refractivity contribution is -0.132. The maximum Gasteiger partial charge on any atom is 0.194 e. The molecule has 1 N–H and O–H groups in total. The molecule has 1 aromatic carbocycles. The van der Waals surface area contributed by atoms with E-state index in [-0.39, 0.29) is 5.78 Å². The Bertz CT molecular complexity index is 467. The zero-order chi connectivity index (χ0) is 11.2. The van der Waals surface area contributed by atoms with Gasteiger partial charge >= 0.3 is 0 Å². The summed E-state index contributed by atoms with van der Waals surface area (Å²) < 4.78 is 0. The fraction of sp³-hybridized carbons (Fsp3) is 0.308. The molecule has 15 heavy (non-hydrogen) atoms. The Hall–Kier alpha value is -1.41. The molecule has 0 heterocycles. The lowest BCUT2D eigenvalue weighted by Gasteiger charge is -2.28. The third-order valence-electron chi connectivity index (χ3n) is 2.91. The zero-order valence-electron chi connectivity index (χ0n) is 9.16. The van der Waals surface area contributed by atoms with Crippen LogP contribution in [0.1, 0.15) is 30.5 Å². The van der Waals surface area contributed by atoms with Crippen LogP contribution in [0.25, 0.3) is 6.08 Å². The summed E-state index contributed by atoms with van der Waals surface area (Å²) >= 11 is 0. The Balaban J connectivity index is 2.73. The lowest BCUT2D eigenvalue weighted by atomic mass is 9.79. The van der Waals surface area contributed by atoms with Crippen LogP contribution in [0.5, 0.6) is 0 Å². The first-order valence-corrected chi connectivity index (χ1v) is 4.99. The minimum atomic E-state index is -1.37. The van der Waals surface area contributed by atoms with Crippen molar-refractivity contribution in [2.75, 3.05) is 0 Å². The highest BCUT2D eigenvalue weighted by Crippen LogP contribution is 2.34. The second-order valence-corrected chi connectivity index (χ2v) is 4.32. The van der Waals surface area contributed by atoms with Gasteiger partial charge in [0.15, 0.2) is 5.78 Å². The molecule has 1 unspecified atom stereocenters. The van der Waals surface area contributed by atoms with Crippen LogP contribution in [0.4, 0.5) is 0 Å². The average Bonchev–Trinajstić information content (AvgIpc) is 2.17. The molecule has 1 aromatic rings. The van der Waals surface area contributed by atoms with E-state index in [0.717, 1.165) is 11.1 Å². The normalized spacial score (nSPS) is 24.8. The monoisotopic (exact) mass is 202 g/mol. The van der Waals surface area contributed by atoms with Crippen LogP contribution in [0.3, 0.4) is 0 Å². The van der Waals surface area contributed by atoms with Gasteiger partial charge in [-0.2, -0.15) is 0 Å². The third kappa shape index (κ3) is 1.41. The highest BCUT2D eigenvalue weighted by atomic mass is 16.3. The van der Waals surface area contributed by atoms with Crippen LogP contribution < -0.4 is 0 Å².